The molecular weight excluding hydrogens is 282 g/mol. The molecule has 1 N–H and O–H groups in total. The van der Waals surface area contributed by atoms with Crippen LogP contribution in [0.2, 0.25) is 0 Å². The van der Waals surface area contributed by atoms with Gasteiger partial charge >= 0.3 is 0 Å². The van der Waals surface area contributed by atoms with Crippen LogP contribution in [0.5, 0.6) is 0 Å². The van der Waals surface area contributed by atoms with Crippen LogP contribution in [0, 0.1) is 30.2 Å². The minimum Gasteiger partial charge on any atom is -0.313 e. The highest BCUT2D eigenvalue weighted by atomic mass is 19.2. The number of likely N-dealkylation sites (N-methyl/N-ethyl adjacent to an activating group) is 1. The molecule has 5 heteroatoms. The fourth-order valence-electron chi connectivity index (χ4n) is 2.20. The number of benzene rings is 2. The van der Waals surface area contributed by atoms with Crippen LogP contribution in [-0.4, -0.2) is 7.05 Å². The zero-order chi connectivity index (χ0) is 15.6. The van der Waals surface area contributed by atoms with Gasteiger partial charge in [0.05, 0.1) is 0 Å². The number of aryl methyl sites for hydroxylation is 1. The molecule has 112 valence electrons. The second-order valence-electron chi connectivity index (χ2n) is 4.92. The minimum absolute atomic E-state index is 0.158. The lowest BCUT2D eigenvalue weighted by Crippen LogP contribution is -2.20. The molecule has 0 spiro atoms. The van der Waals surface area contributed by atoms with Gasteiger partial charge in [-0.3, -0.25) is 0 Å². The molecule has 1 unspecified atom stereocenters. The van der Waals surface area contributed by atoms with Gasteiger partial charge in [-0.25, -0.2) is 17.6 Å². The van der Waals surface area contributed by atoms with Crippen LogP contribution < -0.4 is 5.32 Å². The van der Waals surface area contributed by atoms with Crippen LogP contribution in [0.3, 0.4) is 0 Å². The minimum atomic E-state index is -0.960. The highest BCUT2D eigenvalue weighted by molar-refractivity contribution is 5.30. The Hall–Kier alpha value is -1.88. The first kappa shape index (κ1) is 15.5. The summed E-state index contributed by atoms with van der Waals surface area (Å²) < 4.78 is 53.7. The maximum atomic E-state index is 14.0. The molecule has 21 heavy (non-hydrogen) atoms. The predicted molar refractivity (Wildman–Crippen MR) is 73.0 cm³/mol. The molecule has 0 amide bonds. The van der Waals surface area contributed by atoms with Crippen molar-refractivity contribution in [3.8, 4) is 0 Å². The van der Waals surface area contributed by atoms with Gasteiger partial charge < -0.3 is 5.32 Å². The van der Waals surface area contributed by atoms with Crippen molar-refractivity contribution < 1.29 is 17.6 Å². The number of hydrogen-bond donors (Lipinski definition) is 1. The summed E-state index contributed by atoms with van der Waals surface area (Å²) in [6.07, 6.45) is 0.215. The van der Waals surface area contributed by atoms with E-state index in [9.17, 15) is 17.6 Å². The molecule has 2 rings (SSSR count). The lowest BCUT2D eigenvalue weighted by atomic mass is 9.97. The monoisotopic (exact) mass is 297 g/mol. The van der Waals surface area contributed by atoms with E-state index in [-0.39, 0.29) is 17.5 Å². The first-order chi connectivity index (χ1) is 9.92. The Bertz CT molecular complexity index is 655. The molecule has 0 aliphatic carbocycles. The largest absolute Gasteiger partial charge is 0.313 e. The average molecular weight is 297 g/mol. The van der Waals surface area contributed by atoms with Crippen molar-refractivity contribution in [3.05, 3.63) is 70.3 Å². The Balaban J connectivity index is 2.31. The van der Waals surface area contributed by atoms with Gasteiger partial charge in [0.25, 0.3) is 0 Å². The third-order valence-electron chi connectivity index (χ3n) is 3.43. The molecule has 0 heterocycles. The molecule has 0 aliphatic heterocycles. The van der Waals surface area contributed by atoms with Crippen molar-refractivity contribution >= 4 is 0 Å². The molecular formula is C16H15F4N. The number of rotatable bonds is 4. The summed E-state index contributed by atoms with van der Waals surface area (Å²) in [6.45, 7) is 1.48. The highest BCUT2D eigenvalue weighted by Gasteiger charge is 2.17. The Morgan fingerprint density at radius 3 is 2.24 bits per heavy atom. The molecule has 0 bridgehead atoms. The van der Waals surface area contributed by atoms with Crippen LogP contribution in [0.15, 0.2) is 30.3 Å². The summed E-state index contributed by atoms with van der Waals surface area (Å²) >= 11 is 0. The lowest BCUT2D eigenvalue weighted by Gasteiger charge is -2.18. The van der Waals surface area contributed by atoms with Gasteiger partial charge in [-0.05, 0) is 55.8 Å². The van der Waals surface area contributed by atoms with Crippen LogP contribution in [0.4, 0.5) is 17.6 Å². The molecule has 0 aliphatic rings. The Labute approximate surface area is 120 Å². The van der Waals surface area contributed by atoms with Gasteiger partial charge in [-0.1, -0.05) is 6.07 Å². The van der Waals surface area contributed by atoms with E-state index < -0.39 is 29.3 Å². The van der Waals surface area contributed by atoms with E-state index in [1.54, 1.807) is 7.05 Å². The van der Waals surface area contributed by atoms with Gasteiger partial charge in [0, 0.05) is 11.6 Å². The van der Waals surface area contributed by atoms with Crippen molar-refractivity contribution in [2.75, 3.05) is 7.05 Å². The van der Waals surface area contributed by atoms with E-state index >= 15 is 0 Å². The first-order valence-corrected chi connectivity index (χ1v) is 6.49. The van der Waals surface area contributed by atoms with E-state index in [0.717, 1.165) is 24.3 Å². The Morgan fingerprint density at radius 1 is 0.905 bits per heavy atom. The summed E-state index contributed by atoms with van der Waals surface area (Å²) in [4.78, 5) is 0. The topological polar surface area (TPSA) is 12.0 Å². The van der Waals surface area contributed by atoms with E-state index in [1.165, 1.54) is 13.0 Å². The molecule has 1 atom stereocenters. The molecule has 0 saturated carbocycles. The second kappa shape index (κ2) is 6.26. The molecule has 2 aromatic rings. The number of hydrogen-bond acceptors (Lipinski definition) is 1. The number of halogens is 4. The summed E-state index contributed by atoms with van der Waals surface area (Å²) in [5, 5.41) is 2.87. The van der Waals surface area contributed by atoms with Crippen LogP contribution in [0.1, 0.15) is 22.7 Å². The van der Waals surface area contributed by atoms with Crippen LogP contribution in [-0.2, 0) is 6.42 Å². The number of nitrogens with one attached hydrogen (secondary N) is 1. The lowest BCUT2D eigenvalue weighted by molar-refractivity contribution is 0.500. The maximum Gasteiger partial charge on any atom is 0.159 e. The highest BCUT2D eigenvalue weighted by Crippen LogP contribution is 2.24. The molecule has 1 nitrogen and oxygen atoms in total. The van der Waals surface area contributed by atoms with Gasteiger partial charge in [0.2, 0.25) is 0 Å². The average Bonchev–Trinajstić information content (AvgIpc) is 2.44. The smallest absolute Gasteiger partial charge is 0.159 e. The summed E-state index contributed by atoms with van der Waals surface area (Å²) in [5.41, 5.74) is 0.873. The van der Waals surface area contributed by atoms with Crippen LogP contribution in [0.25, 0.3) is 0 Å². The summed E-state index contributed by atoms with van der Waals surface area (Å²) in [5.74, 6) is -2.93. The normalized spacial score (nSPS) is 12.5. The molecule has 0 aromatic heterocycles. The van der Waals surface area contributed by atoms with Crippen LogP contribution >= 0.6 is 0 Å². The predicted octanol–water partition coefficient (Wildman–Crippen LogP) is 4.05. The molecule has 2 aromatic carbocycles. The fraction of sp³-hybridized carbons (Fsp3) is 0.250. The van der Waals surface area contributed by atoms with Gasteiger partial charge in [-0.15, -0.1) is 0 Å². The van der Waals surface area contributed by atoms with Gasteiger partial charge in [-0.2, -0.15) is 0 Å². The Morgan fingerprint density at radius 2 is 1.62 bits per heavy atom. The third-order valence-corrected chi connectivity index (χ3v) is 3.43. The van der Waals surface area contributed by atoms with Crippen molar-refractivity contribution in [1.82, 2.24) is 5.32 Å². The Kier molecular flexibility index (Phi) is 4.63. The molecule has 0 radical (unpaired) electrons. The third kappa shape index (κ3) is 3.42. The maximum absolute atomic E-state index is 14.0. The zero-order valence-corrected chi connectivity index (χ0v) is 11.7. The van der Waals surface area contributed by atoms with E-state index in [4.69, 9.17) is 0 Å². The van der Waals surface area contributed by atoms with Crippen molar-refractivity contribution in [2.24, 2.45) is 0 Å². The van der Waals surface area contributed by atoms with E-state index in [0.29, 0.717) is 5.56 Å². The first-order valence-electron chi connectivity index (χ1n) is 6.49. The van der Waals surface area contributed by atoms with E-state index in [1.807, 2.05) is 0 Å². The van der Waals surface area contributed by atoms with Crippen molar-refractivity contribution in [2.45, 2.75) is 19.4 Å². The zero-order valence-electron chi connectivity index (χ0n) is 11.7. The quantitative estimate of drug-likeness (QED) is 0.839. The summed E-state index contributed by atoms with van der Waals surface area (Å²) in [6, 6.07) is 5.22. The summed E-state index contributed by atoms with van der Waals surface area (Å²) in [7, 11) is 1.60. The fourth-order valence-corrected chi connectivity index (χ4v) is 2.20. The second-order valence-corrected chi connectivity index (χ2v) is 4.92. The van der Waals surface area contributed by atoms with Crippen molar-refractivity contribution in [1.29, 1.82) is 0 Å². The van der Waals surface area contributed by atoms with Gasteiger partial charge in [0.1, 0.15) is 11.6 Å². The van der Waals surface area contributed by atoms with E-state index in [2.05, 4.69) is 5.32 Å². The molecule has 0 saturated heterocycles. The standard InChI is InChI=1S/C16H15F4N/c1-9-5-14(19)11(8-13(9)18)16(21-2)7-10-3-4-12(17)15(20)6-10/h3-6,8,16,21H,7H2,1-2H3. The SMILES string of the molecule is CNC(Cc1ccc(F)c(F)c1)c1cc(F)c(C)cc1F. The molecule has 0 fully saturated rings. The van der Waals surface area contributed by atoms with Gasteiger partial charge in [0.15, 0.2) is 11.6 Å². The van der Waals surface area contributed by atoms with Crippen molar-refractivity contribution in [3.63, 3.8) is 0 Å².